The van der Waals surface area contributed by atoms with Gasteiger partial charge in [-0.2, -0.15) is 0 Å². The number of aliphatic hydroxyl groups is 1. The van der Waals surface area contributed by atoms with Gasteiger partial charge in [-0.25, -0.2) is 4.79 Å². The van der Waals surface area contributed by atoms with E-state index in [1.165, 1.54) is 18.2 Å². The molecule has 0 aromatic heterocycles. The molecule has 1 heterocycles. The van der Waals surface area contributed by atoms with Crippen LogP contribution in [0.4, 0.5) is 5.69 Å². The summed E-state index contributed by atoms with van der Waals surface area (Å²) in [7, 11) is 0. The Kier molecular flexibility index (Phi) is 11.1. The van der Waals surface area contributed by atoms with Crippen molar-refractivity contribution >= 4 is 11.6 Å². The van der Waals surface area contributed by atoms with Gasteiger partial charge >= 0.3 is 0 Å². The minimum absolute atomic E-state index is 0.0813. The van der Waals surface area contributed by atoms with Gasteiger partial charge in [0.15, 0.2) is 0 Å². The Hall–Kier alpha value is -2.87. The summed E-state index contributed by atoms with van der Waals surface area (Å²) in [6.45, 7) is 6.74. The number of hydrogen-bond acceptors (Lipinski definition) is 8. The van der Waals surface area contributed by atoms with E-state index < -0.39 is 22.7 Å². The average Bonchev–Trinajstić information content (AvgIpc) is 2.84. The Balaban J connectivity index is 2.30. The van der Waals surface area contributed by atoms with Gasteiger partial charge in [-0.1, -0.05) is 40.0 Å². The fourth-order valence-corrected chi connectivity index (χ4v) is 4.02. The lowest BCUT2D eigenvalue weighted by molar-refractivity contribution is -0.385. The second kappa shape index (κ2) is 13.7. The maximum absolute atomic E-state index is 11.3. The number of aliphatic hydroxyl groups excluding tert-OH is 1. The first-order valence-corrected chi connectivity index (χ1v) is 11.9. The van der Waals surface area contributed by atoms with Crippen LogP contribution in [0.25, 0.3) is 0 Å². The zero-order valence-corrected chi connectivity index (χ0v) is 20.2. The number of hydrogen-bond donors (Lipinski definition) is 2. The lowest BCUT2D eigenvalue weighted by atomic mass is 9.80. The molecule has 0 radical (unpaired) electrons. The van der Waals surface area contributed by atoms with Crippen molar-refractivity contribution in [1.29, 1.82) is 0 Å². The zero-order chi connectivity index (χ0) is 25.0. The first-order valence-electron chi connectivity index (χ1n) is 11.9. The second-order valence-electron chi connectivity index (χ2n) is 8.30. The second-order valence-corrected chi connectivity index (χ2v) is 8.30. The monoisotopic (exact) mass is 476 g/mol. The molecular formula is C25H36N2O7. The van der Waals surface area contributed by atoms with Crippen molar-refractivity contribution in [2.45, 2.75) is 77.0 Å². The van der Waals surface area contributed by atoms with Crippen molar-refractivity contribution in [2.75, 3.05) is 19.8 Å². The van der Waals surface area contributed by atoms with Gasteiger partial charge in [-0.05, 0) is 25.3 Å². The highest BCUT2D eigenvalue weighted by Crippen LogP contribution is 2.44. The molecule has 0 saturated heterocycles. The molecule has 1 aliphatic rings. The number of nitro benzene ring substituents is 1. The van der Waals surface area contributed by atoms with Crippen molar-refractivity contribution in [3.05, 3.63) is 51.9 Å². The molecule has 0 saturated carbocycles. The molecule has 9 heteroatoms. The van der Waals surface area contributed by atoms with Crippen LogP contribution in [0.5, 0.6) is 5.75 Å². The van der Waals surface area contributed by atoms with Crippen molar-refractivity contribution in [1.82, 2.24) is 5.32 Å². The number of nitrogens with zero attached hydrogens (tertiary/aromatic N) is 1. The van der Waals surface area contributed by atoms with Crippen LogP contribution >= 0.6 is 0 Å². The average molecular weight is 477 g/mol. The molecule has 0 spiro atoms. The molecule has 34 heavy (non-hydrogen) atoms. The van der Waals surface area contributed by atoms with Crippen LogP contribution in [-0.4, -0.2) is 47.5 Å². The lowest BCUT2D eigenvalue weighted by Crippen LogP contribution is -2.55. The molecule has 0 unspecified atom stereocenters. The number of non-ortho nitro benzene ring substituents is 1. The van der Waals surface area contributed by atoms with E-state index in [0.29, 0.717) is 36.5 Å². The molecule has 0 aliphatic carbocycles. The maximum Gasteiger partial charge on any atom is 0.270 e. The van der Waals surface area contributed by atoms with Gasteiger partial charge < -0.3 is 24.6 Å². The van der Waals surface area contributed by atoms with Crippen molar-refractivity contribution < 1.29 is 29.0 Å². The van der Waals surface area contributed by atoms with E-state index in [1.807, 2.05) is 13.8 Å². The predicted octanol–water partition coefficient (Wildman–Crippen LogP) is 4.38. The Bertz CT molecular complexity index is 876. The van der Waals surface area contributed by atoms with E-state index in [1.54, 1.807) is 18.2 Å². The van der Waals surface area contributed by atoms with Crippen molar-refractivity contribution in [2.24, 2.45) is 0 Å². The smallest absolute Gasteiger partial charge is 0.270 e. The fraction of sp³-hybridized carbons (Fsp3) is 0.600. The van der Waals surface area contributed by atoms with E-state index in [0.717, 1.165) is 25.7 Å². The van der Waals surface area contributed by atoms with Crippen LogP contribution in [-0.2, 0) is 14.3 Å². The van der Waals surface area contributed by atoms with Gasteiger partial charge in [0, 0.05) is 30.0 Å². The van der Waals surface area contributed by atoms with Gasteiger partial charge in [0.05, 0.1) is 24.2 Å². The first kappa shape index (κ1) is 27.4. The topological polar surface area (TPSA) is 120 Å². The van der Waals surface area contributed by atoms with Gasteiger partial charge in [-0.15, -0.1) is 0 Å². The maximum atomic E-state index is 11.3. The van der Waals surface area contributed by atoms with Crippen molar-refractivity contribution in [3.63, 3.8) is 0 Å². The van der Waals surface area contributed by atoms with Gasteiger partial charge in [0.25, 0.3) is 5.69 Å². The Labute approximate surface area is 200 Å². The molecular weight excluding hydrogens is 440 g/mol. The summed E-state index contributed by atoms with van der Waals surface area (Å²) in [5, 5.41) is 25.8. The number of ether oxygens (including phenoxy) is 3. The summed E-state index contributed by atoms with van der Waals surface area (Å²) >= 11 is 0. The molecule has 2 rings (SSSR count). The van der Waals surface area contributed by atoms with E-state index >= 15 is 0 Å². The number of fused-ring (bicyclic) bond motifs is 1. The van der Waals surface area contributed by atoms with Crippen LogP contribution in [0, 0.1) is 10.1 Å². The third kappa shape index (κ3) is 7.06. The highest BCUT2D eigenvalue weighted by atomic mass is 16.6. The summed E-state index contributed by atoms with van der Waals surface area (Å²) in [5.74, 6) is 2.67. The molecule has 1 aromatic carbocycles. The standard InChI is InChI=1S/C25H36N2O7/c1-4-7-8-9-15-33-20(18-32-14-10-13-28)17-26-23-21-16-19(27(30)31)11-12-22(21)34-25(5-2,6-3)24(23)29/h10-12,16-17,23-24,26,29H,4-9,14-15,18H2,1-3H3/b20-17+/t23-,24+/m1/s1. The molecule has 1 aromatic rings. The molecule has 2 atom stereocenters. The quantitative estimate of drug-likeness (QED) is 0.126. The first-order chi connectivity index (χ1) is 16.4. The largest absolute Gasteiger partial charge is 0.494 e. The van der Waals surface area contributed by atoms with Gasteiger partial charge in [0.2, 0.25) is 0 Å². The number of nitrogens with one attached hydrogen (secondary N) is 1. The SMILES string of the molecule is CCCCCCO/C(=C/N[C@@H]1c2cc([N+](=O)[O-])ccc2OC(CC)(CC)[C@H]1O)COCC=C=O. The van der Waals surface area contributed by atoms with Gasteiger partial charge in [0.1, 0.15) is 35.8 Å². The number of benzene rings is 1. The van der Waals surface area contributed by atoms with Crippen LogP contribution in [0.2, 0.25) is 0 Å². The van der Waals surface area contributed by atoms with Crippen molar-refractivity contribution in [3.8, 4) is 5.75 Å². The molecule has 9 nitrogen and oxygen atoms in total. The highest BCUT2D eigenvalue weighted by Gasteiger charge is 2.47. The summed E-state index contributed by atoms with van der Waals surface area (Å²) in [5.41, 5.74) is -0.411. The number of rotatable bonds is 15. The van der Waals surface area contributed by atoms with Gasteiger partial charge in [-0.3, -0.25) is 10.1 Å². The van der Waals surface area contributed by atoms with Crippen LogP contribution < -0.4 is 10.1 Å². The minimum atomic E-state index is -0.960. The molecule has 0 bridgehead atoms. The molecule has 188 valence electrons. The molecule has 1 aliphatic heterocycles. The lowest BCUT2D eigenvalue weighted by Gasteiger charge is -2.45. The molecule has 2 N–H and O–H groups in total. The summed E-state index contributed by atoms with van der Waals surface area (Å²) < 4.78 is 17.5. The highest BCUT2D eigenvalue weighted by molar-refractivity contribution is 5.48. The number of nitro groups is 1. The Morgan fingerprint density at radius 1 is 1.29 bits per heavy atom. The summed E-state index contributed by atoms with van der Waals surface area (Å²) in [6, 6.07) is 3.75. The zero-order valence-electron chi connectivity index (χ0n) is 20.2. The summed E-state index contributed by atoms with van der Waals surface area (Å²) in [4.78, 5) is 21.3. The Morgan fingerprint density at radius 2 is 2.06 bits per heavy atom. The van der Waals surface area contributed by atoms with Crippen LogP contribution in [0.3, 0.4) is 0 Å². The summed E-state index contributed by atoms with van der Waals surface area (Å²) in [6.07, 6.45) is 7.22. The van der Waals surface area contributed by atoms with Crippen LogP contribution in [0.1, 0.15) is 70.9 Å². The van der Waals surface area contributed by atoms with E-state index in [2.05, 4.69) is 12.2 Å². The Morgan fingerprint density at radius 3 is 2.71 bits per heavy atom. The van der Waals surface area contributed by atoms with E-state index in [-0.39, 0.29) is 18.9 Å². The number of unbranched alkanes of at least 4 members (excludes halogenated alkanes) is 3. The van der Waals surface area contributed by atoms with Crippen LogP contribution in [0.15, 0.2) is 36.2 Å². The van der Waals surface area contributed by atoms with E-state index in [9.17, 15) is 20.0 Å². The minimum Gasteiger partial charge on any atom is -0.494 e. The number of carbonyl (C=O) groups excluding carboxylic acids is 1. The van der Waals surface area contributed by atoms with E-state index in [4.69, 9.17) is 14.2 Å². The third-order valence-corrected chi connectivity index (χ3v) is 6.14. The normalized spacial score (nSPS) is 18.9. The fourth-order valence-electron chi connectivity index (χ4n) is 4.02. The predicted molar refractivity (Wildman–Crippen MR) is 128 cm³/mol. The molecule has 0 fully saturated rings. The third-order valence-electron chi connectivity index (χ3n) is 6.14. The molecule has 0 amide bonds.